The number of sulfonamides is 1. The molecule has 2 rings (SSSR count). The largest absolute Gasteiger partial charge is 0.497 e. The van der Waals surface area contributed by atoms with E-state index in [0.29, 0.717) is 29.8 Å². The van der Waals surface area contributed by atoms with E-state index in [1.807, 2.05) is 24.3 Å². The zero-order valence-electron chi connectivity index (χ0n) is 15.4. The third kappa shape index (κ3) is 4.76. The Labute approximate surface area is 154 Å². The maximum Gasteiger partial charge on any atom is 0.251 e. The zero-order chi connectivity index (χ0) is 19.3. The van der Waals surface area contributed by atoms with Crippen LogP contribution in [0.1, 0.15) is 21.5 Å². The second kappa shape index (κ2) is 8.23. The molecule has 26 heavy (non-hydrogen) atoms. The Morgan fingerprint density at radius 3 is 2.38 bits per heavy atom. The highest BCUT2D eigenvalue weighted by Crippen LogP contribution is 2.24. The minimum atomic E-state index is -3.39. The fourth-order valence-electron chi connectivity index (χ4n) is 2.60. The predicted molar refractivity (Wildman–Crippen MR) is 103 cm³/mol. The summed E-state index contributed by atoms with van der Waals surface area (Å²) in [5.74, 6) is 0.569. The second-order valence-electron chi connectivity index (χ2n) is 6.03. The van der Waals surface area contributed by atoms with Crippen LogP contribution in [0.3, 0.4) is 0 Å². The van der Waals surface area contributed by atoms with Gasteiger partial charge in [-0.25, -0.2) is 8.42 Å². The zero-order valence-corrected chi connectivity index (χ0v) is 16.3. The summed E-state index contributed by atoms with van der Waals surface area (Å²) in [6, 6.07) is 12.7. The Kier molecular flexibility index (Phi) is 6.26. The van der Waals surface area contributed by atoms with Gasteiger partial charge in [-0.2, -0.15) is 0 Å². The van der Waals surface area contributed by atoms with Gasteiger partial charge in [0.05, 0.1) is 19.1 Å². The number of hydrogen-bond donors (Lipinski definition) is 1. The first-order valence-electron chi connectivity index (χ1n) is 8.18. The van der Waals surface area contributed by atoms with Crippen molar-refractivity contribution in [2.24, 2.45) is 0 Å². The molecule has 0 unspecified atom stereocenters. The molecular formula is C19H24N2O4S. The van der Waals surface area contributed by atoms with E-state index >= 15 is 0 Å². The number of amides is 1. The van der Waals surface area contributed by atoms with Gasteiger partial charge >= 0.3 is 0 Å². The predicted octanol–water partition coefficient (Wildman–Crippen LogP) is 2.37. The van der Waals surface area contributed by atoms with Gasteiger partial charge < -0.3 is 10.1 Å². The highest BCUT2D eigenvalue weighted by atomic mass is 32.2. The van der Waals surface area contributed by atoms with Gasteiger partial charge in [-0.05, 0) is 48.7 Å². The number of carbonyl (C=O) groups excluding carboxylic acids is 1. The lowest BCUT2D eigenvalue weighted by molar-refractivity contribution is 0.0953. The van der Waals surface area contributed by atoms with Crippen LogP contribution in [0.15, 0.2) is 42.5 Å². The molecule has 0 aromatic heterocycles. The quantitative estimate of drug-likeness (QED) is 0.805. The minimum Gasteiger partial charge on any atom is -0.497 e. The van der Waals surface area contributed by atoms with E-state index in [-0.39, 0.29) is 5.91 Å². The number of methoxy groups -OCH3 is 1. The Balaban J connectivity index is 2.05. The minimum absolute atomic E-state index is 0.222. The van der Waals surface area contributed by atoms with Crippen LogP contribution in [0.5, 0.6) is 5.75 Å². The van der Waals surface area contributed by atoms with E-state index in [4.69, 9.17) is 4.74 Å². The average Bonchev–Trinajstić information content (AvgIpc) is 2.61. The summed E-state index contributed by atoms with van der Waals surface area (Å²) in [6.45, 7) is 2.23. The number of nitrogens with one attached hydrogen (secondary N) is 1. The molecule has 0 aliphatic heterocycles. The van der Waals surface area contributed by atoms with Gasteiger partial charge in [-0.3, -0.25) is 9.10 Å². The normalized spacial score (nSPS) is 11.1. The van der Waals surface area contributed by atoms with Gasteiger partial charge in [0.2, 0.25) is 10.0 Å². The third-order valence-electron chi connectivity index (χ3n) is 4.24. The first kappa shape index (κ1) is 19.8. The van der Waals surface area contributed by atoms with Gasteiger partial charge in [0.1, 0.15) is 5.75 Å². The van der Waals surface area contributed by atoms with Crippen molar-refractivity contribution >= 4 is 21.6 Å². The van der Waals surface area contributed by atoms with Crippen molar-refractivity contribution in [1.82, 2.24) is 5.32 Å². The number of carbonyl (C=O) groups is 1. The number of nitrogens with zero attached hydrogens (tertiary/aromatic N) is 1. The third-order valence-corrected chi connectivity index (χ3v) is 5.44. The number of ether oxygens (including phenoxy) is 1. The molecule has 0 aliphatic carbocycles. The second-order valence-corrected chi connectivity index (χ2v) is 8.05. The lowest BCUT2D eigenvalue weighted by Crippen LogP contribution is -2.29. The Morgan fingerprint density at radius 2 is 1.81 bits per heavy atom. The number of rotatable bonds is 7. The van der Waals surface area contributed by atoms with E-state index in [1.165, 1.54) is 11.4 Å². The summed E-state index contributed by atoms with van der Waals surface area (Å²) >= 11 is 0. The number of anilines is 1. The molecule has 0 saturated heterocycles. The number of benzene rings is 2. The van der Waals surface area contributed by atoms with Crippen LogP contribution in [-0.2, 0) is 16.4 Å². The molecular weight excluding hydrogens is 352 g/mol. The first-order chi connectivity index (χ1) is 12.2. The van der Waals surface area contributed by atoms with Crippen LogP contribution in [0.4, 0.5) is 5.69 Å². The molecule has 1 N–H and O–H groups in total. The van der Waals surface area contributed by atoms with Crippen molar-refractivity contribution in [1.29, 1.82) is 0 Å². The van der Waals surface area contributed by atoms with Crippen molar-refractivity contribution < 1.29 is 17.9 Å². The molecule has 2 aromatic carbocycles. The average molecular weight is 376 g/mol. The van der Waals surface area contributed by atoms with E-state index in [9.17, 15) is 13.2 Å². The van der Waals surface area contributed by atoms with Crippen LogP contribution in [0.25, 0.3) is 0 Å². The van der Waals surface area contributed by atoms with Crippen molar-refractivity contribution in [3.63, 3.8) is 0 Å². The molecule has 0 fully saturated rings. The smallest absolute Gasteiger partial charge is 0.251 e. The van der Waals surface area contributed by atoms with Crippen molar-refractivity contribution in [2.75, 3.05) is 31.3 Å². The fourth-order valence-corrected chi connectivity index (χ4v) is 3.15. The molecule has 0 bridgehead atoms. The van der Waals surface area contributed by atoms with Crippen LogP contribution in [0.2, 0.25) is 0 Å². The highest BCUT2D eigenvalue weighted by molar-refractivity contribution is 7.92. The van der Waals surface area contributed by atoms with E-state index in [1.54, 1.807) is 32.2 Å². The Hall–Kier alpha value is -2.54. The maximum absolute atomic E-state index is 12.5. The molecule has 140 valence electrons. The lowest BCUT2D eigenvalue weighted by Gasteiger charge is -2.20. The summed E-state index contributed by atoms with van der Waals surface area (Å²) in [4.78, 5) is 12.5. The van der Waals surface area contributed by atoms with Crippen LogP contribution < -0.4 is 14.4 Å². The molecule has 1 amide bonds. The van der Waals surface area contributed by atoms with Gasteiger partial charge in [0.25, 0.3) is 5.91 Å². The first-order valence-corrected chi connectivity index (χ1v) is 10.0. The van der Waals surface area contributed by atoms with Crippen LogP contribution >= 0.6 is 0 Å². The molecule has 0 radical (unpaired) electrons. The van der Waals surface area contributed by atoms with Crippen LogP contribution in [0, 0.1) is 6.92 Å². The van der Waals surface area contributed by atoms with Gasteiger partial charge in [0, 0.05) is 19.2 Å². The molecule has 6 nitrogen and oxygen atoms in total. The standard InChI is InChI=1S/C19H24N2O4S/c1-14-17(6-5-7-18(14)21(2)26(4,23)24)19(22)20-13-12-15-8-10-16(25-3)11-9-15/h5-11H,12-13H2,1-4H3,(H,20,22). The fraction of sp³-hybridized carbons (Fsp3) is 0.316. The van der Waals surface area contributed by atoms with Gasteiger partial charge in [0.15, 0.2) is 0 Å². The van der Waals surface area contributed by atoms with Crippen molar-refractivity contribution in [2.45, 2.75) is 13.3 Å². The van der Waals surface area contributed by atoms with Gasteiger partial charge in [-0.1, -0.05) is 18.2 Å². The summed E-state index contributed by atoms with van der Waals surface area (Å²) in [7, 11) is -0.295. The number of hydrogen-bond acceptors (Lipinski definition) is 4. The SMILES string of the molecule is COc1ccc(CCNC(=O)c2cccc(N(C)S(C)(=O)=O)c2C)cc1. The van der Waals surface area contributed by atoms with Crippen molar-refractivity contribution in [3.05, 3.63) is 59.2 Å². The Bertz CT molecular complexity index is 877. The summed E-state index contributed by atoms with van der Waals surface area (Å²) in [5, 5.41) is 2.88. The monoisotopic (exact) mass is 376 g/mol. The Morgan fingerprint density at radius 1 is 1.15 bits per heavy atom. The van der Waals surface area contributed by atoms with Crippen molar-refractivity contribution in [3.8, 4) is 5.75 Å². The molecule has 0 saturated carbocycles. The molecule has 2 aromatic rings. The summed E-state index contributed by atoms with van der Waals surface area (Å²) in [6.07, 6.45) is 1.83. The molecule has 7 heteroatoms. The van der Waals surface area contributed by atoms with E-state index < -0.39 is 10.0 Å². The topological polar surface area (TPSA) is 75.7 Å². The molecule has 0 spiro atoms. The highest BCUT2D eigenvalue weighted by Gasteiger charge is 2.18. The molecule has 0 heterocycles. The summed E-state index contributed by atoms with van der Waals surface area (Å²) in [5.41, 5.74) is 2.68. The molecule has 0 aliphatic rings. The maximum atomic E-state index is 12.5. The van der Waals surface area contributed by atoms with E-state index in [2.05, 4.69) is 5.32 Å². The van der Waals surface area contributed by atoms with E-state index in [0.717, 1.165) is 17.6 Å². The lowest BCUT2D eigenvalue weighted by atomic mass is 10.1. The van der Waals surface area contributed by atoms with Gasteiger partial charge in [-0.15, -0.1) is 0 Å². The molecule has 0 atom stereocenters. The van der Waals surface area contributed by atoms with Crippen LogP contribution in [-0.4, -0.2) is 41.3 Å². The summed E-state index contributed by atoms with van der Waals surface area (Å²) < 4.78 is 29.8.